The second-order valence-corrected chi connectivity index (χ2v) is 10.9. The van der Waals surface area contributed by atoms with Gasteiger partial charge in [0, 0.05) is 5.56 Å². The van der Waals surface area contributed by atoms with Crippen molar-refractivity contribution >= 4 is 0 Å². The van der Waals surface area contributed by atoms with Crippen LogP contribution >= 0.6 is 0 Å². The molecule has 0 radical (unpaired) electrons. The van der Waals surface area contributed by atoms with Crippen molar-refractivity contribution in [1.82, 2.24) is 0 Å². The van der Waals surface area contributed by atoms with E-state index in [0.717, 1.165) is 22.3 Å². The fraction of sp³-hybridized carbons (Fsp3) is 0.769. The van der Waals surface area contributed by atoms with Crippen LogP contribution in [0.2, 0.25) is 0 Å². The van der Waals surface area contributed by atoms with Gasteiger partial charge in [0.2, 0.25) is 0 Å². The van der Waals surface area contributed by atoms with E-state index in [1.165, 1.54) is 0 Å². The Kier molecular flexibility index (Phi) is 9.10. The van der Waals surface area contributed by atoms with Gasteiger partial charge in [0.15, 0.2) is 12.6 Å². The van der Waals surface area contributed by atoms with Crippen molar-refractivity contribution in [3.05, 3.63) is 22.3 Å². The Bertz CT molecular complexity index is 1020. The molecule has 1 aromatic rings. The van der Waals surface area contributed by atoms with Crippen molar-refractivity contribution in [2.75, 3.05) is 19.8 Å². The number of phenolic OH excluding ortho intramolecular Hbond substituents is 1. The number of phenols is 1. The van der Waals surface area contributed by atoms with Crippen LogP contribution in [0.1, 0.15) is 35.6 Å². The fourth-order valence-electron chi connectivity index (χ4n) is 5.35. The van der Waals surface area contributed by atoms with Gasteiger partial charge in [0.05, 0.1) is 19.8 Å². The molecule has 3 heterocycles. The molecule has 0 saturated carbocycles. The number of aliphatic hydroxyl groups is 7. The van der Waals surface area contributed by atoms with E-state index >= 15 is 0 Å². The third-order valence-electron chi connectivity index (χ3n) is 8.11. The third kappa shape index (κ3) is 5.63. The van der Waals surface area contributed by atoms with E-state index in [1.807, 2.05) is 27.7 Å². The lowest BCUT2D eigenvalue weighted by Gasteiger charge is -2.46. The lowest BCUT2D eigenvalue weighted by Crippen LogP contribution is -2.65. The minimum atomic E-state index is -1.75. The largest absolute Gasteiger partial charge is 0.507 e. The molecule has 222 valence electrons. The number of hydrogen-bond donors (Lipinski definition) is 8. The maximum atomic E-state index is 10.8. The molecule has 1 aromatic carbocycles. The zero-order valence-electron chi connectivity index (χ0n) is 22.4. The summed E-state index contributed by atoms with van der Waals surface area (Å²) in [4.78, 5) is 0. The first-order valence-corrected chi connectivity index (χ1v) is 13.0. The molecule has 1 unspecified atom stereocenters. The molecule has 13 nitrogen and oxygen atoms in total. The van der Waals surface area contributed by atoms with Gasteiger partial charge < -0.3 is 64.5 Å². The maximum absolute atomic E-state index is 10.8. The van der Waals surface area contributed by atoms with E-state index < -0.39 is 80.2 Å². The smallest absolute Gasteiger partial charge is 0.187 e. The number of rotatable bonds is 7. The van der Waals surface area contributed by atoms with Crippen LogP contribution in [-0.4, -0.2) is 128 Å². The van der Waals surface area contributed by atoms with Crippen molar-refractivity contribution in [2.45, 2.75) is 108 Å². The van der Waals surface area contributed by atoms with Crippen LogP contribution in [0.3, 0.4) is 0 Å². The Hall–Kier alpha value is -1.62. The van der Waals surface area contributed by atoms with E-state index in [4.69, 9.17) is 23.7 Å². The second-order valence-electron chi connectivity index (χ2n) is 10.9. The number of aromatic hydroxyl groups is 1. The summed E-state index contributed by atoms with van der Waals surface area (Å²) in [6, 6.07) is 0. The molecule has 4 rings (SSSR count). The van der Waals surface area contributed by atoms with Crippen LogP contribution < -0.4 is 4.74 Å². The van der Waals surface area contributed by atoms with E-state index in [9.17, 15) is 40.9 Å². The highest BCUT2D eigenvalue weighted by Gasteiger charge is 2.51. The topological polar surface area (TPSA) is 208 Å². The average molecular weight is 561 g/mol. The predicted molar refractivity (Wildman–Crippen MR) is 132 cm³/mol. The van der Waals surface area contributed by atoms with Gasteiger partial charge in [-0.3, -0.25) is 0 Å². The van der Waals surface area contributed by atoms with Gasteiger partial charge in [0.25, 0.3) is 0 Å². The van der Waals surface area contributed by atoms with Gasteiger partial charge in [-0.1, -0.05) is 0 Å². The highest BCUT2D eigenvalue weighted by atomic mass is 16.7. The monoisotopic (exact) mass is 560 g/mol. The molecule has 0 bridgehead atoms. The van der Waals surface area contributed by atoms with Crippen LogP contribution in [0.25, 0.3) is 0 Å². The Morgan fingerprint density at radius 2 is 1.41 bits per heavy atom. The Morgan fingerprint density at radius 1 is 0.795 bits per heavy atom. The molecular formula is C26H40O13. The predicted octanol–water partition coefficient (Wildman–Crippen LogP) is -1.96. The Labute approximate surface area is 226 Å². The van der Waals surface area contributed by atoms with Crippen LogP contribution in [0.5, 0.6) is 11.5 Å². The van der Waals surface area contributed by atoms with Crippen molar-refractivity contribution < 1.29 is 64.5 Å². The first-order chi connectivity index (χ1) is 18.3. The molecule has 39 heavy (non-hydrogen) atoms. The number of aliphatic hydroxyl groups excluding tert-OH is 7. The molecule has 8 N–H and O–H groups in total. The summed E-state index contributed by atoms with van der Waals surface area (Å²) in [6.07, 6.45) is -14.0. The molecular weight excluding hydrogens is 520 g/mol. The molecule has 0 aromatic heterocycles. The van der Waals surface area contributed by atoms with E-state index in [0.29, 0.717) is 18.6 Å². The summed E-state index contributed by atoms with van der Waals surface area (Å²) >= 11 is 0. The Morgan fingerprint density at radius 3 is 2.05 bits per heavy atom. The molecule has 3 aliphatic rings. The van der Waals surface area contributed by atoms with Crippen molar-refractivity contribution in [2.24, 2.45) is 0 Å². The molecule has 11 atom stereocenters. The summed E-state index contributed by atoms with van der Waals surface area (Å²) < 4.78 is 28.8. The zero-order valence-corrected chi connectivity index (χ0v) is 22.4. The number of ether oxygens (including phenoxy) is 5. The third-order valence-corrected chi connectivity index (χ3v) is 8.11. The lowest BCUT2D eigenvalue weighted by atomic mass is 9.87. The first-order valence-electron chi connectivity index (χ1n) is 13.0. The molecule has 0 amide bonds. The summed E-state index contributed by atoms with van der Waals surface area (Å²) in [5, 5.41) is 81.5. The van der Waals surface area contributed by atoms with Gasteiger partial charge in [-0.25, -0.2) is 0 Å². The zero-order chi connectivity index (χ0) is 28.8. The maximum Gasteiger partial charge on any atom is 0.187 e. The van der Waals surface area contributed by atoms with Gasteiger partial charge in [-0.15, -0.1) is 0 Å². The number of fused-ring (bicyclic) bond motifs is 1. The summed E-state index contributed by atoms with van der Waals surface area (Å²) in [5.41, 5.74) is 2.41. The minimum Gasteiger partial charge on any atom is -0.507 e. The molecule has 0 spiro atoms. The van der Waals surface area contributed by atoms with Crippen molar-refractivity contribution in [3.63, 3.8) is 0 Å². The van der Waals surface area contributed by atoms with Gasteiger partial charge in [-0.2, -0.15) is 0 Å². The average Bonchev–Trinajstić information content (AvgIpc) is 2.92. The highest BCUT2D eigenvalue weighted by molar-refractivity contribution is 5.58. The van der Waals surface area contributed by atoms with Gasteiger partial charge in [-0.05, 0) is 57.2 Å². The molecule has 13 heteroatoms. The normalized spacial score (nSPS) is 40.7. The quantitative estimate of drug-likeness (QED) is 0.182. The number of hydrogen-bond acceptors (Lipinski definition) is 13. The lowest BCUT2D eigenvalue weighted by molar-refractivity contribution is -0.361. The van der Waals surface area contributed by atoms with Crippen LogP contribution in [0.4, 0.5) is 0 Å². The Balaban J connectivity index is 1.43. The SMILES string of the molecule is Cc1c(C)c2c(c(C)c1O)CCC(C)(CO[C@H]1O[C@H](CO)[C@@H](O[C@H]3O[C@H](CO)[C@@H](O)[C@H](O)[C@H]3O)[C@H](O)[C@H]1O)O2. The van der Waals surface area contributed by atoms with Crippen LogP contribution in [0, 0.1) is 20.8 Å². The molecule has 2 fully saturated rings. The van der Waals surface area contributed by atoms with E-state index in [2.05, 4.69) is 0 Å². The van der Waals surface area contributed by atoms with Crippen molar-refractivity contribution in [3.8, 4) is 11.5 Å². The molecule has 0 aliphatic carbocycles. The second kappa shape index (κ2) is 11.7. The number of benzene rings is 1. The first kappa shape index (κ1) is 30.3. The van der Waals surface area contributed by atoms with Gasteiger partial charge >= 0.3 is 0 Å². The molecule has 2 saturated heterocycles. The van der Waals surface area contributed by atoms with E-state index in [-0.39, 0.29) is 12.4 Å². The standard InChI is InChI=1S/C26H40O13/c1-10-11(2)22-13(12(3)16(10)29)5-6-26(4,39-22)9-35-24-21(34)19(32)23(15(8-28)37-24)38-25-20(33)18(31)17(30)14(7-27)36-25/h14-15,17-21,23-25,27-34H,5-9H2,1-4H3/t14-,15-,17-,18+,19-,20-,21-,23-,24+,25-,26?/m1/s1. The van der Waals surface area contributed by atoms with Crippen LogP contribution in [-0.2, 0) is 25.4 Å². The minimum absolute atomic E-state index is 0.0321. The summed E-state index contributed by atoms with van der Waals surface area (Å²) in [5.74, 6) is 0.921. The van der Waals surface area contributed by atoms with E-state index in [1.54, 1.807) is 0 Å². The van der Waals surface area contributed by atoms with Crippen molar-refractivity contribution in [1.29, 1.82) is 0 Å². The summed E-state index contributed by atoms with van der Waals surface area (Å²) in [7, 11) is 0. The van der Waals surface area contributed by atoms with Crippen LogP contribution in [0.15, 0.2) is 0 Å². The molecule has 3 aliphatic heterocycles. The fourth-order valence-corrected chi connectivity index (χ4v) is 5.35. The van der Waals surface area contributed by atoms with Gasteiger partial charge in [0.1, 0.15) is 65.9 Å². The highest BCUT2D eigenvalue weighted by Crippen LogP contribution is 2.43. The summed E-state index contributed by atoms with van der Waals surface area (Å²) in [6.45, 7) is 5.99.